The first-order valence-corrected chi connectivity index (χ1v) is 14.1. The Morgan fingerprint density at radius 1 is 0.561 bits per heavy atom. The summed E-state index contributed by atoms with van der Waals surface area (Å²) < 4.78 is 19.1. The van der Waals surface area contributed by atoms with Gasteiger partial charge in [0.15, 0.2) is 5.58 Å². The average Bonchev–Trinajstić information content (AvgIpc) is 3.47. The minimum Gasteiger partial charge on any atom is -0.454 e. The predicted octanol–water partition coefficient (Wildman–Crippen LogP) is 9.02. The summed E-state index contributed by atoms with van der Waals surface area (Å²) in [5, 5.41) is 2.20. The van der Waals surface area contributed by atoms with E-state index in [0.29, 0.717) is 0 Å². The first kappa shape index (κ1) is 25.6. The summed E-state index contributed by atoms with van der Waals surface area (Å²) in [5.41, 5.74) is 7.31. The summed E-state index contributed by atoms with van der Waals surface area (Å²) in [4.78, 5) is 2.27. The molecule has 4 nitrogen and oxygen atoms in total. The standard InChI is InChI=1S/C36H32BNO3/c1-35(2)36(3,4)41-37(40-35)27-20-22-28(23-21-27)38(29-15-10-14-26(24-29)25-12-6-5-7-13-25)32-18-11-17-31-30-16-8-9-19-33(30)39-34(31)32/h5-24H,1-4H3. The molecule has 0 N–H and O–H groups in total. The van der Waals surface area contributed by atoms with Crippen molar-refractivity contribution in [1.29, 1.82) is 0 Å². The van der Waals surface area contributed by atoms with Gasteiger partial charge in [-0.1, -0.05) is 84.9 Å². The number of furan rings is 1. The largest absolute Gasteiger partial charge is 0.494 e. The topological polar surface area (TPSA) is 34.8 Å². The van der Waals surface area contributed by atoms with Gasteiger partial charge in [-0.3, -0.25) is 0 Å². The highest BCUT2D eigenvalue weighted by Crippen LogP contribution is 2.43. The molecule has 0 spiro atoms. The van der Waals surface area contributed by atoms with E-state index in [1.165, 1.54) is 5.56 Å². The maximum absolute atomic E-state index is 6.49. The Bertz CT molecular complexity index is 1840. The molecule has 1 fully saturated rings. The molecule has 41 heavy (non-hydrogen) atoms. The molecule has 0 unspecified atom stereocenters. The van der Waals surface area contributed by atoms with E-state index >= 15 is 0 Å². The van der Waals surface area contributed by atoms with Gasteiger partial charge in [0.05, 0.1) is 16.9 Å². The third-order valence-electron chi connectivity index (χ3n) is 8.51. The van der Waals surface area contributed by atoms with Crippen LogP contribution in [0.3, 0.4) is 0 Å². The van der Waals surface area contributed by atoms with E-state index < -0.39 is 18.3 Å². The van der Waals surface area contributed by atoms with Crippen LogP contribution in [0.5, 0.6) is 0 Å². The predicted molar refractivity (Wildman–Crippen MR) is 170 cm³/mol. The molecule has 0 aliphatic carbocycles. The molecule has 202 valence electrons. The summed E-state index contributed by atoms with van der Waals surface area (Å²) in [6.45, 7) is 8.32. The van der Waals surface area contributed by atoms with Crippen LogP contribution in [0.25, 0.3) is 33.1 Å². The van der Waals surface area contributed by atoms with Crippen molar-refractivity contribution >= 4 is 51.6 Å². The molecule has 0 saturated carbocycles. The lowest BCUT2D eigenvalue weighted by atomic mass is 9.79. The van der Waals surface area contributed by atoms with Crippen molar-refractivity contribution in [2.45, 2.75) is 38.9 Å². The minimum absolute atomic E-state index is 0.392. The third-order valence-corrected chi connectivity index (χ3v) is 8.51. The van der Waals surface area contributed by atoms with E-state index in [-0.39, 0.29) is 0 Å². The molecule has 0 amide bonds. The van der Waals surface area contributed by atoms with Crippen molar-refractivity contribution in [1.82, 2.24) is 0 Å². The fourth-order valence-electron chi connectivity index (χ4n) is 5.55. The number of anilines is 3. The van der Waals surface area contributed by atoms with Gasteiger partial charge in [-0.15, -0.1) is 0 Å². The van der Waals surface area contributed by atoms with Crippen LogP contribution >= 0.6 is 0 Å². The molecule has 1 saturated heterocycles. The van der Waals surface area contributed by atoms with Gasteiger partial charge in [-0.05, 0) is 80.7 Å². The van der Waals surface area contributed by atoms with Crippen molar-refractivity contribution in [3.05, 3.63) is 121 Å². The zero-order valence-corrected chi connectivity index (χ0v) is 23.8. The molecule has 0 radical (unpaired) electrons. The number of fused-ring (bicyclic) bond motifs is 3. The van der Waals surface area contributed by atoms with Crippen molar-refractivity contribution < 1.29 is 13.7 Å². The number of hydrogen-bond acceptors (Lipinski definition) is 4. The van der Waals surface area contributed by atoms with Crippen LogP contribution in [0.1, 0.15) is 27.7 Å². The van der Waals surface area contributed by atoms with Crippen molar-refractivity contribution in [2.24, 2.45) is 0 Å². The van der Waals surface area contributed by atoms with E-state index in [4.69, 9.17) is 13.7 Å². The van der Waals surface area contributed by atoms with Crippen LogP contribution in [-0.4, -0.2) is 18.3 Å². The molecular formula is C36H32BNO3. The minimum atomic E-state index is -0.414. The molecule has 0 atom stereocenters. The van der Waals surface area contributed by atoms with Gasteiger partial charge in [0.2, 0.25) is 0 Å². The second kappa shape index (κ2) is 9.65. The first-order valence-electron chi connectivity index (χ1n) is 14.1. The molecule has 6 aromatic rings. The monoisotopic (exact) mass is 537 g/mol. The summed E-state index contributed by atoms with van der Waals surface area (Å²) in [6, 6.07) is 42.2. The number of para-hydroxylation sites is 2. The molecule has 1 aliphatic rings. The molecule has 7 rings (SSSR count). The summed E-state index contributed by atoms with van der Waals surface area (Å²) in [6.07, 6.45) is 0. The van der Waals surface area contributed by atoms with E-state index in [1.54, 1.807) is 0 Å². The van der Waals surface area contributed by atoms with E-state index in [0.717, 1.165) is 50.0 Å². The highest BCUT2D eigenvalue weighted by atomic mass is 16.7. The Labute approximate surface area is 241 Å². The smallest absolute Gasteiger partial charge is 0.454 e. The van der Waals surface area contributed by atoms with Crippen LogP contribution in [0, 0.1) is 0 Å². The highest BCUT2D eigenvalue weighted by Gasteiger charge is 2.51. The van der Waals surface area contributed by atoms with Crippen LogP contribution in [0.4, 0.5) is 17.1 Å². The Morgan fingerprint density at radius 2 is 1.20 bits per heavy atom. The Balaban J connectivity index is 1.37. The van der Waals surface area contributed by atoms with Gasteiger partial charge in [0.25, 0.3) is 0 Å². The van der Waals surface area contributed by atoms with Gasteiger partial charge in [0, 0.05) is 22.1 Å². The maximum atomic E-state index is 6.49. The summed E-state index contributed by atoms with van der Waals surface area (Å²) >= 11 is 0. The highest BCUT2D eigenvalue weighted by molar-refractivity contribution is 6.62. The van der Waals surface area contributed by atoms with Gasteiger partial charge in [0.1, 0.15) is 5.58 Å². The van der Waals surface area contributed by atoms with Crippen molar-refractivity contribution in [3.63, 3.8) is 0 Å². The summed E-state index contributed by atoms with van der Waals surface area (Å²) in [7, 11) is -0.414. The molecule has 1 aromatic heterocycles. The van der Waals surface area contributed by atoms with E-state index in [9.17, 15) is 0 Å². The zero-order valence-electron chi connectivity index (χ0n) is 23.8. The van der Waals surface area contributed by atoms with E-state index in [2.05, 4.69) is 136 Å². The number of rotatable bonds is 5. The van der Waals surface area contributed by atoms with Gasteiger partial charge in [-0.2, -0.15) is 0 Å². The van der Waals surface area contributed by atoms with E-state index in [1.807, 2.05) is 18.2 Å². The van der Waals surface area contributed by atoms with Crippen LogP contribution < -0.4 is 10.4 Å². The lowest BCUT2D eigenvalue weighted by Gasteiger charge is -2.32. The third kappa shape index (κ3) is 4.42. The van der Waals surface area contributed by atoms with Crippen molar-refractivity contribution in [2.75, 3.05) is 4.90 Å². The normalized spacial score (nSPS) is 16.0. The summed E-state index contributed by atoms with van der Waals surface area (Å²) in [5.74, 6) is 0. The number of benzene rings is 5. The van der Waals surface area contributed by atoms with Crippen LogP contribution in [0.2, 0.25) is 0 Å². The Morgan fingerprint density at radius 3 is 1.95 bits per heavy atom. The maximum Gasteiger partial charge on any atom is 0.494 e. The molecule has 5 heteroatoms. The molecular weight excluding hydrogens is 505 g/mol. The second-order valence-corrected chi connectivity index (χ2v) is 11.7. The molecule has 0 bridgehead atoms. The molecule has 1 aliphatic heterocycles. The lowest BCUT2D eigenvalue weighted by Crippen LogP contribution is -2.41. The van der Waals surface area contributed by atoms with Crippen LogP contribution in [0.15, 0.2) is 126 Å². The lowest BCUT2D eigenvalue weighted by molar-refractivity contribution is 0.00578. The van der Waals surface area contributed by atoms with Crippen LogP contribution in [-0.2, 0) is 9.31 Å². The van der Waals surface area contributed by atoms with Gasteiger partial charge < -0.3 is 18.6 Å². The Kier molecular flexibility index (Phi) is 6.04. The number of nitrogens with zero attached hydrogens (tertiary/aromatic N) is 1. The fourth-order valence-corrected chi connectivity index (χ4v) is 5.55. The fraction of sp³-hybridized carbons (Fsp3) is 0.167. The zero-order chi connectivity index (χ0) is 28.2. The van der Waals surface area contributed by atoms with Gasteiger partial charge in [-0.25, -0.2) is 0 Å². The second-order valence-electron chi connectivity index (χ2n) is 11.7. The van der Waals surface area contributed by atoms with Gasteiger partial charge >= 0.3 is 7.12 Å². The Hall–Kier alpha value is -4.32. The quantitative estimate of drug-likeness (QED) is 0.206. The SMILES string of the molecule is CC1(C)OB(c2ccc(N(c3cccc(-c4ccccc4)c3)c3cccc4c3oc3ccccc34)cc2)OC1(C)C. The van der Waals surface area contributed by atoms with Crippen molar-refractivity contribution in [3.8, 4) is 11.1 Å². The first-order chi connectivity index (χ1) is 19.8. The number of hydrogen-bond donors (Lipinski definition) is 0. The average molecular weight is 537 g/mol. The molecule has 2 heterocycles. The molecule has 5 aromatic carbocycles.